The molecule has 6 rings (SSSR count). The topological polar surface area (TPSA) is 150 Å². The van der Waals surface area contributed by atoms with Crippen LogP contribution in [0.3, 0.4) is 0 Å². The van der Waals surface area contributed by atoms with E-state index in [1.165, 1.54) is 37.9 Å². The maximum Gasteiger partial charge on any atom is 0.309 e. The average molecular weight is 1100 g/mol. The minimum atomic E-state index is -0.508. The Morgan fingerprint density at radius 1 is 0.576 bits per heavy atom. The van der Waals surface area contributed by atoms with Crippen LogP contribution in [-0.2, 0) is 28.6 Å². The number of pyridine rings is 3. The number of nitrogens with two attached hydrogens (primary N) is 1. The first-order valence-electron chi connectivity index (χ1n) is 21.6. The maximum atomic E-state index is 13.9. The van der Waals surface area contributed by atoms with E-state index in [-0.39, 0.29) is 71.9 Å². The van der Waals surface area contributed by atoms with Crippen LogP contribution < -0.4 is 15.5 Å². The molecule has 1 aliphatic carbocycles. The van der Waals surface area contributed by atoms with Crippen molar-refractivity contribution >= 4 is 90.8 Å². The van der Waals surface area contributed by atoms with E-state index in [4.69, 9.17) is 31.5 Å². The predicted octanol–water partition coefficient (Wildman–Crippen LogP) is 12.5. The van der Waals surface area contributed by atoms with E-state index < -0.39 is 22.8 Å². The van der Waals surface area contributed by atoms with Gasteiger partial charge in [0, 0.05) is 38.6 Å². The number of carbonyl (C=O) groups excluding carboxylic acids is 3. The fourth-order valence-electron chi connectivity index (χ4n) is 7.05. The first-order chi connectivity index (χ1) is 29.8. The number of nitrogen functional groups attached to an aromatic ring is 1. The summed E-state index contributed by atoms with van der Waals surface area (Å²) in [4.78, 5) is 50.6. The molecule has 3 fully saturated rings. The van der Waals surface area contributed by atoms with Gasteiger partial charge in [-0.15, -0.1) is 12.4 Å². The first kappa shape index (κ1) is 60.6. The molecule has 2 N–H and O–H groups in total. The van der Waals surface area contributed by atoms with Crippen LogP contribution in [0.5, 0.6) is 0 Å². The van der Waals surface area contributed by atoms with Gasteiger partial charge < -0.3 is 29.7 Å². The van der Waals surface area contributed by atoms with Crippen LogP contribution in [0.2, 0.25) is 5.02 Å². The number of anilines is 3. The van der Waals surface area contributed by atoms with Gasteiger partial charge in [-0.3, -0.25) is 29.3 Å². The smallest absolute Gasteiger partial charge is 0.309 e. The molecule has 19 heteroatoms. The molecule has 3 aliphatic rings. The molecule has 1 saturated carbocycles. The van der Waals surface area contributed by atoms with Crippen LogP contribution in [0.1, 0.15) is 128 Å². The molecule has 5 heterocycles. The molecule has 0 radical (unpaired) electrons. The van der Waals surface area contributed by atoms with E-state index in [2.05, 4.69) is 46.8 Å². The van der Waals surface area contributed by atoms with Gasteiger partial charge in [-0.1, -0.05) is 38.3 Å². The Kier molecular flexibility index (Phi) is 25.3. The molecule has 66 heavy (non-hydrogen) atoms. The van der Waals surface area contributed by atoms with Crippen LogP contribution >= 0.6 is 55.9 Å². The lowest BCUT2D eigenvalue weighted by atomic mass is 9.89. The van der Waals surface area contributed by atoms with Crippen molar-refractivity contribution in [3.05, 3.63) is 68.6 Å². The molecular weight excluding hydrogens is 1030 g/mol. The molecule has 0 unspecified atom stereocenters. The molecule has 372 valence electrons. The Morgan fingerprint density at radius 3 is 1.26 bits per heavy atom. The average Bonchev–Trinajstić information content (AvgIpc) is 3.19. The maximum absolute atomic E-state index is 13.9. The number of hydrogen-bond donors (Lipinski definition) is 1. The standard InChI is InChI=1S/C15H20BrFN2O2.C15H22FN3O2.C11H20O2.C5H2BrClFN.CH4.ClH/c2*1-15(2,3)21-14(20)10-4-6-19(7-5-10)13-11(16)8-18-9-12(13)17;1-11(2,3)13-10(12)9-7-5-4-6-8-9;6-3-1-9-2-4(8)5(3)7;;/h8-10H,4-7H2,1-3H3;8-10H,4-7,17H2,1-3H3;9H,4-8H2,1-3H3;1-2H;1H4;1H. The number of esters is 3. The Labute approximate surface area is 417 Å². The summed E-state index contributed by atoms with van der Waals surface area (Å²) < 4.78 is 57.3. The fraction of sp³-hybridized carbons (Fsp3) is 0.617. The summed E-state index contributed by atoms with van der Waals surface area (Å²) in [6, 6.07) is 0. The fourth-order valence-corrected chi connectivity index (χ4v) is 8.01. The molecule has 2 aliphatic heterocycles. The highest BCUT2D eigenvalue weighted by Gasteiger charge is 2.32. The van der Waals surface area contributed by atoms with Crippen LogP contribution in [-0.4, -0.2) is 75.8 Å². The molecule has 0 bridgehead atoms. The summed E-state index contributed by atoms with van der Waals surface area (Å²) in [5.41, 5.74) is 5.76. The number of carbonyl (C=O) groups is 3. The van der Waals surface area contributed by atoms with Crippen molar-refractivity contribution in [3.63, 3.8) is 0 Å². The van der Waals surface area contributed by atoms with Gasteiger partial charge in [0.1, 0.15) is 16.8 Å². The second-order valence-corrected chi connectivity index (χ2v) is 21.0. The Morgan fingerprint density at radius 2 is 0.909 bits per heavy atom. The number of nitrogens with zero attached hydrogens (tertiary/aromatic N) is 5. The number of aromatic nitrogens is 3. The van der Waals surface area contributed by atoms with Crippen molar-refractivity contribution in [1.29, 1.82) is 0 Å². The van der Waals surface area contributed by atoms with E-state index in [1.807, 2.05) is 72.1 Å². The number of piperidine rings is 2. The van der Waals surface area contributed by atoms with Gasteiger partial charge in [-0.2, -0.15) is 0 Å². The minimum absolute atomic E-state index is 0. The summed E-state index contributed by atoms with van der Waals surface area (Å²) in [6.45, 7) is 19.3. The van der Waals surface area contributed by atoms with Crippen molar-refractivity contribution in [2.75, 3.05) is 41.7 Å². The molecular formula is C47H69Br2Cl2F3N6O6. The van der Waals surface area contributed by atoms with Crippen LogP contribution in [0.4, 0.5) is 30.2 Å². The lowest BCUT2D eigenvalue weighted by molar-refractivity contribution is -0.162. The zero-order chi connectivity index (χ0) is 48.0. The van der Waals surface area contributed by atoms with Gasteiger partial charge in [0.05, 0.1) is 73.6 Å². The molecule has 3 aromatic rings. The van der Waals surface area contributed by atoms with Crippen LogP contribution in [0.15, 0.2) is 46.1 Å². The molecule has 0 spiro atoms. The first-order valence-corrected chi connectivity index (χ1v) is 23.5. The predicted molar refractivity (Wildman–Crippen MR) is 265 cm³/mol. The third kappa shape index (κ3) is 20.8. The van der Waals surface area contributed by atoms with Crippen molar-refractivity contribution in [2.45, 2.75) is 144 Å². The Balaban J connectivity index is 0.000000456. The quantitative estimate of drug-likeness (QED) is 0.191. The van der Waals surface area contributed by atoms with Crippen molar-refractivity contribution in [2.24, 2.45) is 17.8 Å². The summed E-state index contributed by atoms with van der Waals surface area (Å²) in [7, 11) is 0. The third-order valence-electron chi connectivity index (χ3n) is 9.97. The van der Waals surface area contributed by atoms with E-state index in [1.54, 1.807) is 6.20 Å². The minimum Gasteiger partial charge on any atom is -0.460 e. The van der Waals surface area contributed by atoms with Gasteiger partial charge in [-0.05, 0) is 133 Å². The Bertz CT molecular complexity index is 1840. The second-order valence-electron chi connectivity index (χ2n) is 18.9. The lowest BCUT2D eigenvalue weighted by Crippen LogP contribution is -2.39. The summed E-state index contributed by atoms with van der Waals surface area (Å²) in [6.07, 6.45) is 16.2. The summed E-state index contributed by atoms with van der Waals surface area (Å²) in [5, 5.41) is 0.0741. The molecule has 0 aromatic carbocycles. The molecule has 0 atom stereocenters. The van der Waals surface area contributed by atoms with Gasteiger partial charge in [0.15, 0.2) is 17.5 Å². The number of rotatable bonds is 5. The summed E-state index contributed by atoms with van der Waals surface area (Å²) in [5.74, 6) is -1.67. The Hall–Kier alpha value is -3.41. The van der Waals surface area contributed by atoms with Gasteiger partial charge >= 0.3 is 17.9 Å². The van der Waals surface area contributed by atoms with Crippen molar-refractivity contribution in [3.8, 4) is 0 Å². The van der Waals surface area contributed by atoms with E-state index >= 15 is 0 Å². The highest BCUT2D eigenvalue weighted by molar-refractivity contribution is 9.11. The highest BCUT2D eigenvalue weighted by Crippen LogP contribution is 2.34. The summed E-state index contributed by atoms with van der Waals surface area (Å²) >= 11 is 11.8. The molecule has 0 amide bonds. The number of ether oxygens (including phenoxy) is 3. The lowest BCUT2D eigenvalue weighted by Gasteiger charge is -2.34. The van der Waals surface area contributed by atoms with E-state index in [0.29, 0.717) is 77.9 Å². The van der Waals surface area contributed by atoms with Gasteiger partial charge in [-0.25, -0.2) is 13.2 Å². The molecule has 12 nitrogen and oxygen atoms in total. The second kappa shape index (κ2) is 27.6. The van der Waals surface area contributed by atoms with E-state index in [9.17, 15) is 27.6 Å². The normalized spacial score (nSPS) is 16.0. The van der Waals surface area contributed by atoms with Crippen LogP contribution in [0.25, 0.3) is 0 Å². The van der Waals surface area contributed by atoms with Crippen LogP contribution in [0, 0.1) is 35.2 Å². The largest absolute Gasteiger partial charge is 0.460 e. The number of halogens is 7. The number of hydrogen-bond acceptors (Lipinski definition) is 12. The monoisotopic (exact) mass is 1100 g/mol. The third-order valence-corrected chi connectivity index (χ3v) is 11.8. The SMILES string of the molecule is C.CC(C)(C)OC(=O)C1CCCCC1.CC(C)(C)OC(=O)C1CCN(c2c(F)cncc2Br)CC1.CC(C)(C)OC(=O)C1CCN(c2c(N)cncc2F)CC1.Cl.Fc1cncc(Br)c1Cl. The zero-order valence-electron chi connectivity index (χ0n) is 38.8. The zero-order valence-corrected chi connectivity index (χ0v) is 43.6. The highest BCUT2D eigenvalue weighted by atomic mass is 79.9. The van der Waals surface area contributed by atoms with E-state index in [0.717, 1.165) is 25.2 Å². The van der Waals surface area contributed by atoms with Gasteiger partial charge in [0.2, 0.25) is 0 Å². The molecule has 2 saturated heterocycles. The molecule has 3 aromatic heterocycles. The van der Waals surface area contributed by atoms with Crippen molar-refractivity contribution < 1.29 is 41.8 Å². The van der Waals surface area contributed by atoms with Gasteiger partial charge in [0.25, 0.3) is 0 Å². The van der Waals surface area contributed by atoms with Crippen molar-refractivity contribution in [1.82, 2.24) is 15.0 Å².